The van der Waals surface area contributed by atoms with Gasteiger partial charge in [0, 0.05) is 13.0 Å². The third-order valence-electron chi connectivity index (χ3n) is 8.98. The Labute approximate surface area is 317 Å². The van der Waals surface area contributed by atoms with Crippen LogP contribution in [-0.4, -0.2) is 60.5 Å². The lowest BCUT2D eigenvalue weighted by Crippen LogP contribution is -2.34. The van der Waals surface area contributed by atoms with Crippen molar-refractivity contribution in [2.45, 2.75) is 199 Å². The molecule has 0 aromatic heterocycles. The van der Waals surface area contributed by atoms with Crippen molar-refractivity contribution < 1.29 is 42.7 Å². The minimum absolute atomic E-state index is 0.0133. The number of carbonyl (C=O) groups is 2. The maximum absolute atomic E-state index is 12.6. The van der Waals surface area contributed by atoms with Crippen LogP contribution >= 0.6 is 7.82 Å². The van der Waals surface area contributed by atoms with Gasteiger partial charge in [0.25, 0.3) is 0 Å². The van der Waals surface area contributed by atoms with Crippen molar-refractivity contribution >= 4 is 19.8 Å². The van der Waals surface area contributed by atoms with Gasteiger partial charge in [0.2, 0.25) is 0 Å². The van der Waals surface area contributed by atoms with Crippen molar-refractivity contribution in [2.75, 3.05) is 26.4 Å². The molecule has 0 aliphatic carbocycles. The first kappa shape index (κ1) is 50.5. The van der Waals surface area contributed by atoms with Gasteiger partial charge in [-0.15, -0.1) is 0 Å². The summed E-state index contributed by atoms with van der Waals surface area (Å²) in [6, 6.07) is -1.47. The normalized spacial score (nSPS) is 14.2. The molecule has 52 heavy (non-hydrogen) atoms. The van der Waals surface area contributed by atoms with E-state index in [9.17, 15) is 19.0 Å². The van der Waals surface area contributed by atoms with Crippen LogP contribution in [0.1, 0.15) is 187 Å². The van der Waals surface area contributed by atoms with Crippen LogP contribution < -0.4 is 5.73 Å². The number of phosphoric acid groups is 1. The van der Waals surface area contributed by atoms with Crippen LogP contribution in [0.2, 0.25) is 0 Å². The number of unbranched alkanes of at least 4 members (excludes halogenated alkanes) is 22. The average molecular weight is 760 g/mol. The van der Waals surface area contributed by atoms with Crippen molar-refractivity contribution in [2.24, 2.45) is 5.73 Å². The summed E-state index contributed by atoms with van der Waals surface area (Å²) in [5, 5.41) is 8.88. The van der Waals surface area contributed by atoms with Crippen LogP contribution in [0.4, 0.5) is 0 Å². The van der Waals surface area contributed by atoms with Crippen molar-refractivity contribution in [1.29, 1.82) is 0 Å². The Morgan fingerprint density at radius 2 is 1.06 bits per heavy atom. The molecule has 0 aromatic rings. The van der Waals surface area contributed by atoms with E-state index in [4.69, 9.17) is 29.4 Å². The summed E-state index contributed by atoms with van der Waals surface area (Å²) in [5.41, 5.74) is 5.35. The summed E-state index contributed by atoms with van der Waals surface area (Å²) in [6.07, 6.45) is 39.4. The molecule has 0 aliphatic rings. The lowest BCUT2D eigenvalue weighted by molar-refractivity contribution is -0.154. The summed E-state index contributed by atoms with van der Waals surface area (Å²) < 4.78 is 33.3. The third-order valence-corrected chi connectivity index (χ3v) is 9.93. The van der Waals surface area contributed by atoms with Crippen LogP contribution in [-0.2, 0) is 32.7 Å². The van der Waals surface area contributed by atoms with Gasteiger partial charge in [0.1, 0.15) is 12.1 Å². The molecule has 4 N–H and O–H groups in total. The van der Waals surface area contributed by atoms with Crippen LogP contribution in [0.5, 0.6) is 0 Å². The molecule has 3 unspecified atom stereocenters. The molecule has 306 valence electrons. The lowest BCUT2D eigenvalue weighted by Gasteiger charge is -2.20. The van der Waals surface area contributed by atoms with Gasteiger partial charge in [-0.05, 0) is 44.9 Å². The van der Waals surface area contributed by atoms with Gasteiger partial charge in [-0.1, -0.05) is 160 Å². The van der Waals surface area contributed by atoms with Crippen LogP contribution in [0.25, 0.3) is 0 Å². The molecule has 0 rings (SSSR count). The highest BCUT2D eigenvalue weighted by molar-refractivity contribution is 7.47. The van der Waals surface area contributed by atoms with E-state index in [-0.39, 0.29) is 13.0 Å². The molecular formula is C41H78NO9P. The first-order valence-corrected chi connectivity index (χ1v) is 22.4. The van der Waals surface area contributed by atoms with Crippen LogP contribution in [0, 0.1) is 0 Å². The zero-order chi connectivity index (χ0) is 38.4. The van der Waals surface area contributed by atoms with E-state index in [1.54, 1.807) is 0 Å². The molecule has 0 bridgehead atoms. The van der Waals surface area contributed by atoms with E-state index >= 15 is 0 Å². The topological polar surface area (TPSA) is 155 Å². The maximum atomic E-state index is 12.6. The SMILES string of the molecule is CCCCC/C=C\C/C=C\CCCCCCCCOCC(COP(=O)(O)OCC(N)C(=O)O)OC(=O)CCCCCCCCCCCCCCCC. The van der Waals surface area contributed by atoms with Gasteiger partial charge in [0.05, 0.1) is 19.8 Å². The van der Waals surface area contributed by atoms with E-state index in [1.807, 2.05) is 0 Å². The van der Waals surface area contributed by atoms with Crippen molar-refractivity contribution in [3.8, 4) is 0 Å². The van der Waals surface area contributed by atoms with Crippen molar-refractivity contribution in [3.63, 3.8) is 0 Å². The van der Waals surface area contributed by atoms with Crippen LogP contribution in [0.3, 0.4) is 0 Å². The number of hydrogen-bond donors (Lipinski definition) is 3. The maximum Gasteiger partial charge on any atom is 0.472 e. The molecule has 11 heteroatoms. The van der Waals surface area contributed by atoms with Gasteiger partial charge in [-0.2, -0.15) is 0 Å². The molecule has 0 saturated carbocycles. The minimum Gasteiger partial charge on any atom is -0.480 e. The number of esters is 1. The highest BCUT2D eigenvalue weighted by Gasteiger charge is 2.27. The molecule has 0 spiro atoms. The molecular weight excluding hydrogens is 681 g/mol. The van der Waals surface area contributed by atoms with Gasteiger partial charge >= 0.3 is 19.8 Å². The predicted octanol–water partition coefficient (Wildman–Crippen LogP) is 11.1. The zero-order valence-electron chi connectivity index (χ0n) is 33.2. The summed E-state index contributed by atoms with van der Waals surface area (Å²) >= 11 is 0. The number of carboxylic acid groups (broad SMARTS) is 1. The Bertz CT molecular complexity index is 930. The number of aliphatic carboxylic acids is 1. The number of nitrogens with two attached hydrogens (primary N) is 1. The second-order valence-corrected chi connectivity index (χ2v) is 15.6. The lowest BCUT2D eigenvalue weighted by atomic mass is 10.0. The molecule has 0 aromatic carbocycles. The fourth-order valence-electron chi connectivity index (χ4n) is 5.69. The number of carbonyl (C=O) groups excluding carboxylic acids is 1. The number of carboxylic acids is 1. The standard InChI is InChI=1S/C41H78NO9P/c1-3-5-7-9-11-13-15-17-19-20-22-24-26-28-30-32-34-48-35-38(36-49-52(46,47)50-37-39(42)41(44)45)51-40(43)33-31-29-27-25-23-21-18-16-14-12-10-8-6-4-2/h11,13,17,19,38-39H,3-10,12,14-16,18,20-37,42H2,1-2H3,(H,44,45)(H,46,47)/b13-11-,19-17-. The van der Waals surface area contributed by atoms with E-state index in [1.165, 1.54) is 116 Å². The van der Waals surface area contributed by atoms with Gasteiger partial charge < -0.3 is 25.2 Å². The molecule has 3 atom stereocenters. The van der Waals surface area contributed by atoms with E-state index < -0.39 is 45.1 Å². The number of rotatable bonds is 40. The Balaban J connectivity index is 4.26. The summed E-state index contributed by atoms with van der Waals surface area (Å²) in [7, 11) is -4.61. The largest absolute Gasteiger partial charge is 0.480 e. The van der Waals surface area contributed by atoms with Crippen molar-refractivity contribution in [1.82, 2.24) is 0 Å². The summed E-state index contributed by atoms with van der Waals surface area (Å²) in [4.78, 5) is 33.5. The Morgan fingerprint density at radius 3 is 1.60 bits per heavy atom. The zero-order valence-corrected chi connectivity index (χ0v) is 34.1. The minimum atomic E-state index is -4.61. The molecule has 0 fully saturated rings. The Hall–Kier alpha value is -1.55. The fraction of sp³-hybridized carbons (Fsp3) is 0.854. The predicted molar refractivity (Wildman–Crippen MR) is 212 cm³/mol. The quantitative estimate of drug-likeness (QED) is 0.0238. The Kier molecular flexibility index (Phi) is 36.6. The van der Waals surface area contributed by atoms with E-state index in [0.29, 0.717) is 13.0 Å². The summed E-state index contributed by atoms with van der Waals surface area (Å²) in [5.74, 6) is -1.78. The second kappa shape index (κ2) is 37.8. The smallest absolute Gasteiger partial charge is 0.472 e. The first-order chi connectivity index (χ1) is 25.2. The van der Waals surface area contributed by atoms with E-state index in [0.717, 1.165) is 44.9 Å². The Morgan fingerprint density at radius 1 is 0.615 bits per heavy atom. The molecule has 0 heterocycles. The molecule has 0 amide bonds. The molecule has 0 aliphatic heterocycles. The number of ether oxygens (including phenoxy) is 2. The number of hydrogen-bond acceptors (Lipinski definition) is 8. The first-order valence-electron chi connectivity index (χ1n) is 20.9. The monoisotopic (exact) mass is 760 g/mol. The van der Waals surface area contributed by atoms with E-state index in [2.05, 4.69) is 38.2 Å². The average Bonchev–Trinajstić information content (AvgIpc) is 3.12. The van der Waals surface area contributed by atoms with Gasteiger partial charge in [-0.3, -0.25) is 18.6 Å². The highest BCUT2D eigenvalue weighted by atomic mass is 31.2. The number of phosphoric ester groups is 1. The second-order valence-electron chi connectivity index (χ2n) is 14.1. The van der Waals surface area contributed by atoms with Gasteiger partial charge in [-0.25, -0.2) is 4.57 Å². The van der Waals surface area contributed by atoms with Crippen molar-refractivity contribution in [3.05, 3.63) is 24.3 Å². The third kappa shape index (κ3) is 36.8. The van der Waals surface area contributed by atoms with Crippen LogP contribution in [0.15, 0.2) is 24.3 Å². The number of allylic oxidation sites excluding steroid dienone is 4. The molecule has 10 nitrogen and oxygen atoms in total. The summed E-state index contributed by atoms with van der Waals surface area (Å²) in [6.45, 7) is 3.84. The van der Waals surface area contributed by atoms with Gasteiger partial charge in [0.15, 0.2) is 0 Å². The highest BCUT2D eigenvalue weighted by Crippen LogP contribution is 2.43. The molecule has 0 radical (unpaired) electrons. The fourth-order valence-corrected chi connectivity index (χ4v) is 6.47. The molecule has 0 saturated heterocycles.